The molecule has 0 radical (unpaired) electrons. The van der Waals surface area contributed by atoms with Gasteiger partial charge in [0.1, 0.15) is 5.82 Å². The first kappa shape index (κ1) is 16.4. The molecule has 0 aliphatic rings. The normalized spacial score (nSPS) is 11.2. The molecule has 0 aliphatic carbocycles. The second-order valence-corrected chi connectivity index (χ2v) is 5.50. The standard InChI is InChI=1S/C15H23FN2O2/c1-15(2,8-9-20-4)10-18-14(19)11-6-5-7-12(16)13(11)17-3/h5-7,17H,8-10H2,1-4H3,(H,18,19). The molecule has 0 aliphatic heterocycles. The Morgan fingerprint density at radius 1 is 1.40 bits per heavy atom. The second kappa shape index (κ2) is 7.24. The molecule has 0 saturated heterocycles. The van der Waals surface area contributed by atoms with Gasteiger partial charge in [-0.05, 0) is 24.0 Å². The summed E-state index contributed by atoms with van der Waals surface area (Å²) in [6.45, 7) is 5.26. The Bertz CT molecular complexity index is 461. The average Bonchev–Trinajstić information content (AvgIpc) is 2.42. The Labute approximate surface area is 119 Å². The first-order valence-corrected chi connectivity index (χ1v) is 6.64. The minimum Gasteiger partial charge on any atom is -0.385 e. The van der Waals surface area contributed by atoms with Gasteiger partial charge in [-0.1, -0.05) is 19.9 Å². The molecule has 4 nitrogen and oxygen atoms in total. The number of nitrogens with one attached hydrogen (secondary N) is 2. The number of anilines is 1. The van der Waals surface area contributed by atoms with Crippen molar-refractivity contribution >= 4 is 11.6 Å². The molecule has 0 saturated carbocycles. The van der Waals surface area contributed by atoms with Crippen molar-refractivity contribution in [2.75, 3.05) is 32.6 Å². The quantitative estimate of drug-likeness (QED) is 0.808. The molecular formula is C15H23FN2O2. The number of amides is 1. The summed E-state index contributed by atoms with van der Waals surface area (Å²) in [5.74, 6) is -0.710. The Hall–Kier alpha value is -1.62. The van der Waals surface area contributed by atoms with Crippen LogP contribution in [-0.4, -0.2) is 33.2 Å². The zero-order valence-electron chi connectivity index (χ0n) is 12.5. The third-order valence-corrected chi connectivity index (χ3v) is 3.22. The van der Waals surface area contributed by atoms with Gasteiger partial charge in [-0.15, -0.1) is 0 Å². The van der Waals surface area contributed by atoms with Gasteiger partial charge in [0, 0.05) is 27.3 Å². The van der Waals surface area contributed by atoms with Gasteiger partial charge in [0.05, 0.1) is 11.3 Å². The van der Waals surface area contributed by atoms with E-state index in [1.165, 1.54) is 12.1 Å². The van der Waals surface area contributed by atoms with E-state index < -0.39 is 5.82 Å². The van der Waals surface area contributed by atoms with Crippen molar-refractivity contribution < 1.29 is 13.9 Å². The van der Waals surface area contributed by atoms with Crippen molar-refractivity contribution in [2.45, 2.75) is 20.3 Å². The fraction of sp³-hybridized carbons (Fsp3) is 0.533. The monoisotopic (exact) mass is 282 g/mol. The highest BCUT2D eigenvalue weighted by Gasteiger charge is 2.20. The van der Waals surface area contributed by atoms with Gasteiger partial charge in [-0.3, -0.25) is 4.79 Å². The van der Waals surface area contributed by atoms with E-state index in [9.17, 15) is 9.18 Å². The van der Waals surface area contributed by atoms with Gasteiger partial charge in [-0.2, -0.15) is 0 Å². The highest BCUT2D eigenvalue weighted by atomic mass is 19.1. The first-order chi connectivity index (χ1) is 9.41. The number of hydrogen-bond acceptors (Lipinski definition) is 3. The van der Waals surface area contributed by atoms with Gasteiger partial charge in [-0.25, -0.2) is 4.39 Å². The van der Waals surface area contributed by atoms with Crippen molar-refractivity contribution in [1.29, 1.82) is 0 Å². The number of halogens is 1. The summed E-state index contributed by atoms with van der Waals surface area (Å²) in [7, 11) is 3.25. The van der Waals surface area contributed by atoms with Crippen molar-refractivity contribution in [3.63, 3.8) is 0 Å². The lowest BCUT2D eigenvalue weighted by molar-refractivity contribution is 0.0921. The van der Waals surface area contributed by atoms with Gasteiger partial charge in [0.2, 0.25) is 0 Å². The maximum Gasteiger partial charge on any atom is 0.253 e. The highest BCUT2D eigenvalue weighted by Crippen LogP contribution is 2.21. The molecule has 1 amide bonds. The number of methoxy groups -OCH3 is 1. The summed E-state index contributed by atoms with van der Waals surface area (Å²) in [5, 5.41) is 5.57. The number of para-hydroxylation sites is 1. The summed E-state index contributed by atoms with van der Waals surface area (Å²) in [5.41, 5.74) is 0.466. The summed E-state index contributed by atoms with van der Waals surface area (Å²) < 4.78 is 18.6. The van der Waals surface area contributed by atoms with Crippen molar-refractivity contribution in [3.05, 3.63) is 29.6 Å². The smallest absolute Gasteiger partial charge is 0.253 e. The lowest BCUT2D eigenvalue weighted by Crippen LogP contribution is -2.35. The molecule has 0 heterocycles. The topological polar surface area (TPSA) is 50.4 Å². The van der Waals surface area contributed by atoms with Crippen LogP contribution in [-0.2, 0) is 4.74 Å². The third kappa shape index (κ3) is 4.49. The maximum atomic E-state index is 13.6. The third-order valence-electron chi connectivity index (χ3n) is 3.22. The zero-order valence-corrected chi connectivity index (χ0v) is 12.5. The fourth-order valence-corrected chi connectivity index (χ4v) is 1.85. The Kier molecular flexibility index (Phi) is 5.95. The molecular weight excluding hydrogens is 259 g/mol. The van der Waals surface area contributed by atoms with Crippen molar-refractivity contribution in [2.24, 2.45) is 5.41 Å². The Morgan fingerprint density at radius 3 is 2.70 bits per heavy atom. The number of benzene rings is 1. The van der Waals surface area contributed by atoms with E-state index in [0.717, 1.165) is 6.42 Å². The second-order valence-electron chi connectivity index (χ2n) is 5.50. The van der Waals surface area contributed by atoms with Crippen LogP contribution in [0.4, 0.5) is 10.1 Å². The number of rotatable bonds is 7. The van der Waals surface area contributed by atoms with E-state index >= 15 is 0 Å². The zero-order chi connectivity index (χ0) is 15.2. The number of carbonyl (C=O) groups is 1. The fourth-order valence-electron chi connectivity index (χ4n) is 1.85. The average molecular weight is 282 g/mol. The minimum absolute atomic E-state index is 0.0706. The Morgan fingerprint density at radius 2 is 2.10 bits per heavy atom. The first-order valence-electron chi connectivity index (χ1n) is 6.64. The van der Waals surface area contributed by atoms with Crippen LogP contribution in [0, 0.1) is 11.2 Å². The summed E-state index contributed by atoms with van der Waals surface area (Å²) in [6, 6.07) is 4.46. The van der Waals surface area contributed by atoms with Crippen LogP contribution in [0.15, 0.2) is 18.2 Å². The van der Waals surface area contributed by atoms with Crippen LogP contribution in [0.5, 0.6) is 0 Å². The van der Waals surface area contributed by atoms with E-state index in [1.54, 1.807) is 20.2 Å². The lowest BCUT2D eigenvalue weighted by Gasteiger charge is -2.24. The molecule has 1 aromatic rings. The number of hydrogen-bond donors (Lipinski definition) is 2. The van der Waals surface area contributed by atoms with Crippen molar-refractivity contribution in [3.8, 4) is 0 Å². The van der Waals surface area contributed by atoms with E-state index in [1.807, 2.05) is 0 Å². The maximum absolute atomic E-state index is 13.6. The van der Waals surface area contributed by atoms with Gasteiger partial charge in [0.15, 0.2) is 0 Å². The molecule has 0 bridgehead atoms. The van der Waals surface area contributed by atoms with Crippen LogP contribution in [0.1, 0.15) is 30.6 Å². The molecule has 20 heavy (non-hydrogen) atoms. The van der Waals surface area contributed by atoms with Crippen LogP contribution < -0.4 is 10.6 Å². The van der Waals surface area contributed by atoms with E-state index in [2.05, 4.69) is 24.5 Å². The number of carbonyl (C=O) groups excluding carboxylic acids is 1. The molecule has 1 rings (SSSR count). The molecule has 0 fully saturated rings. The van der Waals surface area contributed by atoms with Crippen LogP contribution in [0.25, 0.3) is 0 Å². The SMILES string of the molecule is CNc1c(F)cccc1C(=O)NCC(C)(C)CCOC. The largest absolute Gasteiger partial charge is 0.385 e. The molecule has 1 aromatic carbocycles. The van der Waals surface area contributed by atoms with Gasteiger partial charge >= 0.3 is 0 Å². The summed E-state index contributed by atoms with van der Waals surface area (Å²) >= 11 is 0. The van der Waals surface area contributed by atoms with E-state index in [-0.39, 0.29) is 17.0 Å². The summed E-state index contributed by atoms with van der Waals surface area (Å²) in [4.78, 5) is 12.1. The predicted octanol–water partition coefficient (Wildman–Crippen LogP) is 2.66. The van der Waals surface area contributed by atoms with E-state index in [0.29, 0.717) is 18.7 Å². The molecule has 5 heteroatoms. The molecule has 112 valence electrons. The highest BCUT2D eigenvalue weighted by molar-refractivity contribution is 5.99. The molecule has 0 aromatic heterocycles. The molecule has 0 atom stereocenters. The predicted molar refractivity (Wildman–Crippen MR) is 78.6 cm³/mol. The van der Waals surface area contributed by atoms with E-state index in [4.69, 9.17) is 4.74 Å². The van der Waals surface area contributed by atoms with Gasteiger partial charge in [0.25, 0.3) is 5.91 Å². The molecule has 0 spiro atoms. The Balaban J connectivity index is 2.70. The molecule has 0 unspecified atom stereocenters. The van der Waals surface area contributed by atoms with Crippen LogP contribution in [0.2, 0.25) is 0 Å². The molecule has 2 N–H and O–H groups in total. The minimum atomic E-state index is -0.432. The van der Waals surface area contributed by atoms with Gasteiger partial charge < -0.3 is 15.4 Å². The van der Waals surface area contributed by atoms with Crippen molar-refractivity contribution in [1.82, 2.24) is 5.32 Å². The summed E-state index contributed by atoms with van der Waals surface area (Å²) in [6.07, 6.45) is 0.839. The van der Waals surface area contributed by atoms with Crippen LogP contribution in [0.3, 0.4) is 0 Å². The lowest BCUT2D eigenvalue weighted by atomic mass is 9.89. The number of ether oxygens (including phenoxy) is 1. The van der Waals surface area contributed by atoms with Crippen LogP contribution >= 0.6 is 0 Å².